The number of anilines is 1. The molecular weight excluding hydrogens is 242 g/mol. The molecule has 0 amide bonds. The fourth-order valence-corrected chi connectivity index (χ4v) is 1.69. The maximum atomic E-state index is 5.91. The van der Waals surface area contributed by atoms with E-state index in [0.717, 1.165) is 11.1 Å². The molecule has 3 rings (SSSR count). The third kappa shape index (κ3) is 2.15. The summed E-state index contributed by atoms with van der Waals surface area (Å²) in [6, 6.07) is 7.37. The summed E-state index contributed by atoms with van der Waals surface area (Å²) in [6.45, 7) is 1.97. The van der Waals surface area contributed by atoms with E-state index in [2.05, 4.69) is 20.1 Å². The predicted molar refractivity (Wildman–Crippen MR) is 69.9 cm³/mol. The molecule has 0 fully saturated rings. The van der Waals surface area contributed by atoms with Gasteiger partial charge in [0.25, 0.3) is 5.89 Å². The van der Waals surface area contributed by atoms with E-state index in [1.165, 1.54) is 0 Å². The molecule has 0 atom stereocenters. The van der Waals surface area contributed by atoms with Gasteiger partial charge < -0.3 is 10.3 Å². The number of rotatable bonds is 2. The fraction of sp³-hybridized carbons (Fsp3) is 0.0769. The van der Waals surface area contributed by atoms with E-state index < -0.39 is 0 Å². The summed E-state index contributed by atoms with van der Waals surface area (Å²) in [5.74, 6) is 1.13. The number of nitrogens with zero attached hydrogens (tertiary/aromatic N) is 4. The Bertz CT molecular complexity index is 708. The average molecular weight is 253 g/mol. The van der Waals surface area contributed by atoms with Gasteiger partial charge in [0, 0.05) is 18.1 Å². The molecular formula is C13H11N5O. The Morgan fingerprint density at radius 2 is 1.89 bits per heavy atom. The molecule has 0 aliphatic rings. The summed E-state index contributed by atoms with van der Waals surface area (Å²) < 4.78 is 5.22. The second kappa shape index (κ2) is 4.49. The fourth-order valence-electron chi connectivity index (χ4n) is 1.69. The molecule has 2 heterocycles. The van der Waals surface area contributed by atoms with Gasteiger partial charge in [-0.15, -0.1) is 0 Å². The van der Waals surface area contributed by atoms with E-state index in [4.69, 9.17) is 10.3 Å². The minimum atomic E-state index is 0.344. The summed E-state index contributed by atoms with van der Waals surface area (Å²) >= 11 is 0. The highest BCUT2D eigenvalue weighted by Gasteiger charge is 2.14. The second-order valence-electron chi connectivity index (χ2n) is 4.09. The number of hydrogen-bond donors (Lipinski definition) is 1. The Balaban J connectivity index is 2.04. The molecule has 0 saturated heterocycles. The summed E-state index contributed by atoms with van der Waals surface area (Å²) in [4.78, 5) is 12.4. The minimum absolute atomic E-state index is 0.344. The summed E-state index contributed by atoms with van der Waals surface area (Å²) in [5.41, 5.74) is 8.29. The summed E-state index contributed by atoms with van der Waals surface area (Å²) in [7, 11) is 0. The highest BCUT2D eigenvalue weighted by molar-refractivity contribution is 5.71. The lowest BCUT2D eigenvalue weighted by atomic mass is 10.1. The summed E-state index contributed by atoms with van der Waals surface area (Å²) in [6.07, 6.45) is 3.25. The van der Waals surface area contributed by atoms with Gasteiger partial charge in [-0.25, -0.2) is 9.97 Å². The van der Waals surface area contributed by atoms with E-state index in [-0.39, 0.29) is 0 Å². The van der Waals surface area contributed by atoms with Crippen LogP contribution < -0.4 is 5.73 Å². The van der Waals surface area contributed by atoms with Crippen molar-refractivity contribution >= 4 is 5.69 Å². The van der Waals surface area contributed by atoms with Crippen molar-refractivity contribution in [1.29, 1.82) is 0 Å². The molecule has 0 aliphatic heterocycles. The van der Waals surface area contributed by atoms with Gasteiger partial charge in [0.05, 0.1) is 5.56 Å². The van der Waals surface area contributed by atoms with Gasteiger partial charge >= 0.3 is 0 Å². The van der Waals surface area contributed by atoms with Crippen LogP contribution in [-0.2, 0) is 0 Å². The third-order valence-corrected chi connectivity index (χ3v) is 2.63. The molecule has 2 N–H and O–H groups in total. The maximum Gasteiger partial charge on any atom is 0.260 e. The third-order valence-electron chi connectivity index (χ3n) is 2.63. The second-order valence-corrected chi connectivity index (χ2v) is 4.09. The first-order valence-electron chi connectivity index (χ1n) is 5.71. The Hall–Kier alpha value is -2.76. The number of nitrogens with two attached hydrogens (primary N) is 1. The number of hydrogen-bond acceptors (Lipinski definition) is 6. The Morgan fingerprint density at radius 1 is 1.11 bits per heavy atom. The highest BCUT2D eigenvalue weighted by Crippen LogP contribution is 2.26. The molecule has 1 aromatic carbocycles. The Kier molecular flexibility index (Phi) is 2.68. The predicted octanol–water partition coefficient (Wildman–Crippen LogP) is 2.08. The maximum absolute atomic E-state index is 5.91. The van der Waals surface area contributed by atoms with Gasteiger partial charge in [-0.1, -0.05) is 16.8 Å². The molecule has 0 unspecified atom stereocenters. The van der Waals surface area contributed by atoms with Gasteiger partial charge in [0.1, 0.15) is 0 Å². The molecule has 94 valence electrons. The van der Waals surface area contributed by atoms with Crippen LogP contribution >= 0.6 is 0 Å². The first-order chi connectivity index (χ1) is 9.24. The normalized spacial score (nSPS) is 10.6. The van der Waals surface area contributed by atoms with Crippen LogP contribution in [0.4, 0.5) is 5.69 Å². The molecule has 0 spiro atoms. The smallest absolute Gasteiger partial charge is 0.260 e. The van der Waals surface area contributed by atoms with Crippen LogP contribution in [0.15, 0.2) is 41.2 Å². The monoisotopic (exact) mass is 253 g/mol. The van der Waals surface area contributed by atoms with Crippen LogP contribution in [0.3, 0.4) is 0 Å². The van der Waals surface area contributed by atoms with Crippen molar-refractivity contribution in [2.24, 2.45) is 0 Å². The van der Waals surface area contributed by atoms with Crippen molar-refractivity contribution in [3.05, 3.63) is 42.2 Å². The van der Waals surface area contributed by atoms with Crippen LogP contribution in [0.2, 0.25) is 0 Å². The number of nitrogen functional groups attached to an aromatic ring is 1. The van der Waals surface area contributed by atoms with Gasteiger partial charge in [0.15, 0.2) is 0 Å². The van der Waals surface area contributed by atoms with E-state index in [0.29, 0.717) is 23.2 Å². The zero-order chi connectivity index (χ0) is 13.2. The van der Waals surface area contributed by atoms with E-state index in [9.17, 15) is 0 Å². The molecule has 6 nitrogen and oxygen atoms in total. The van der Waals surface area contributed by atoms with Gasteiger partial charge in [-0.3, -0.25) is 0 Å². The van der Waals surface area contributed by atoms with Crippen molar-refractivity contribution < 1.29 is 4.52 Å². The SMILES string of the molecule is Cc1ccc(N)c(-c2nc(-c3ncccn3)no2)c1. The van der Waals surface area contributed by atoms with E-state index >= 15 is 0 Å². The molecule has 19 heavy (non-hydrogen) atoms. The topological polar surface area (TPSA) is 90.7 Å². The largest absolute Gasteiger partial charge is 0.398 e. The molecule has 0 radical (unpaired) electrons. The lowest BCUT2D eigenvalue weighted by Gasteiger charge is -2.01. The lowest BCUT2D eigenvalue weighted by molar-refractivity contribution is 0.432. The Morgan fingerprint density at radius 3 is 2.68 bits per heavy atom. The van der Waals surface area contributed by atoms with Gasteiger partial charge in [0.2, 0.25) is 11.6 Å². The first kappa shape index (κ1) is 11.3. The molecule has 0 saturated carbocycles. The molecule has 0 aliphatic carbocycles. The number of aromatic nitrogens is 4. The van der Waals surface area contributed by atoms with Crippen LogP contribution in [0.5, 0.6) is 0 Å². The molecule has 2 aromatic heterocycles. The number of aryl methyl sites for hydroxylation is 1. The summed E-state index contributed by atoms with van der Waals surface area (Å²) in [5, 5.41) is 3.87. The number of benzene rings is 1. The zero-order valence-corrected chi connectivity index (χ0v) is 10.2. The molecule has 0 bridgehead atoms. The van der Waals surface area contributed by atoms with Crippen LogP contribution in [-0.4, -0.2) is 20.1 Å². The van der Waals surface area contributed by atoms with E-state index in [1.807, 2.05) is 25.1 Å². The Labute approximate surface area is 109 Å². The first-order valence-corrected chi connectivity index (χ1v) is 5.71. The van der Waals surface area contributed by atoms with Crippen LogP contribution in [0.25, 0.3) is 23.1 Å². The average Bonchev–Trinajstić information content (AvgIpc) is 2.92. The quantitative estimate of drug-likeness (QED) is 0.703. The van der Waals surface area contributed by atoms with E-state index in [1.54, 1.807) is 18.5 Å². The minimum Gasteiger partial charge on any atom is -0.398 e. The van der Waals surface area contributed by atoms with Crippen LogP contribution in [0.1, 0.15) is 5.56 Å². The van der Waals surface area contributed by atoms with Crippen molar-refractivity contribution in [2.45, 2.75) is 6.92 Å². The van der Waals surface area contributed by atoms with Crippen molar-refractivity contribution in [3.8, 4) is 23.1 Å². The van der Waals surface area contributed by atoms with Crippen molar-refractivity contribution in [3.63, 3.8) is 0 Å². The van der Waals surface area contributed by atoms with Crippen molar-refractivity contribution in [2.75, 3.05) is 5.73 Å². The highest BCUT2D eigenvalue weighted by atomic mass is 16.5. The van der Waals surface area contributed by atoms with Crippen LogP contribution in [0, 0.1) is 6.92 Å². The zero-order valence-electron chi connectivity index (χ0n) is 10.2. The van der Waals surface area contributed by atoms with Gasteiger partial charge in [-0.2, -0.15) is 4.98 Å². The van der Waals surface area contributed by atoms with Crippen molar-refractivity contribution in [1.82, 2.24) is 20.1 Å². The van der Waals surface area contributed by atoms with Gasteiger partial charge in [-0.05, 0) is 25.1 Å². The molecule has 6 heteroatoms. The molecule has 3 aromatic rings. The lowest BCUT2D eigenvalue weighted by Crippen LogP contribution is -1.91. The standard InChI is InChI=1S/C13H11N5O/c1-8-3-4-10(14)9(7-8)13-17-12(18-19-13)11-15-5-2-6-16-11/h2-7H,14H2,1H3.